The van der Waals surface area contributed by atoms with Crippen molar-refractivity contribution >= 4 is 45.0 Å². The van der Waals surface area contributed by atoms with Gasteiger partial charge in [-0.1, -0.05) is 35.9 Å². The van der Waals surface area contributed by atoms with E-state index in [0.29, 0.717) is 16.3 Å². The Bertz CT molecular complexity index is 764. The highest BCUT2D eigenvalue weighted by Gasteiger charge is 2.19. The van der Waals surface area contributed by atoms with Gasteiger partial charge in [0, 0.05) is 16.4 Å². The summed E-state index contributed by atoms with van der Waals surface area (Å²) in [4.78, 5) is 23.9. The molecule has 0 heterocycles. The maximum Gasteiger partial charge on any atom is 0.226 e. The number of hydrogen-bond donors (Lipinski definition) is 2. The Morgan fingerprint density at radius 1 is 1.21 bits per heavy atom. The second-order valence-corrected chi connectivity index (χ2v) is 6.77. The molecule has 0 radical (unpaired) electrons. The number of carbonyl (C=O) groups is 2. The Balaban J connectivity index is 2.15. The minimum atomic E-state index is -0.486. The van der Waals surface area contributed by atoms with Gasteiger partial charge in [0.25, 0.3) is 0 Å². The predicted molar refractivity (Wildman–Crippen MR) is 100 cm³/mol. The first kappa shape index (κ1) is 18.5. The van der Waals surface area contributed by atoms with E-state index in [4.69, 9.17) is 11.6 Å². The van der Waals surface area contributed by atoms with E-state index in [2.05, 4.69) is 26.6 Å². The van der Waals surface area contributed by atoms with Gasteiger partial charge in [0.2, 0.25) is 11.8 Å². The van der Waals surface area contributed by atoms with E-state index >= 15 is 0 Å². The Kier molecular flexibility index (Phi) is 6.40. The lowest BCUT2D eigenvalue weighted by Crippen LogP contribution is -2.30. The van der Waals surface area contributed by atoms with Gasteiger partial charge in [0.05, 0.1) is 18.2 Å². The van der Waals surface area contributed by atoms with E-state index in [-0.39, 0.29) is 18.2 Å². The zero-order valence-corrected chi connectivity index (χ0v) is 15.7. The van der Waals surface area contributed by atoms with E-state index in [1.165, 1.54) is 6.92 Å². The molecular weight excluding hydrogens is 392 g/mol. The Hall–Kier alpha value is -1.85. The van der Waals surface area contributed by atoms with Crippen LogP contribution in [0.1, 0.15) is 30.5 Å². The van der Waals surface area contributed by atoms with Crippen LogP contribution in [-0.4, -0.2) is 11.8 Å². The molecule has 1 atom stereocenters. The van der Waals surface area contributed by atoms with Crippen LogP contribution in [0.5, 0.6) is 0 Å². The molecule has 0 aliphatic heterocycles. The van der Waals surface area contributed by atoms with Crippen LogP contribution in [-0.2, 0) is 9.59 Å². The van der Waals surface area contributed by atoms with Gasteiger partial charge in [0.1, 0.15) is 0 Å². The highest BCUT2D eigenvalue weighted by Crippen LogP contribution is 2.27. The fourth-order valence-electron chi connectivity index (χ4n) is 2.35. The van der Waals surface area contributed by atoms with Crippen LogP contribution in [0.4, 0.5) is 5.69 Å². The molecule has 24 heavy (non-hydrogen) atoms. The number of rotatable bonds is 5. The van der Waals surface area contributed by atoms with E-state index < -0.39 is 6.04 Å². The molecule has 0 saturated heterocycles. The molecule has 0 bridgehead atoms. The van der Waals surface area contributed by atoms with E-state index in [1.54, 1.807) is 18.2 Å². The molecule has 0 spiro atoms. The van der Waals surface area contributed by atoms with Crippen molar-refractivity contribution in [3.63, 3.8) is 0 Å². The number of halogens is 2. The van der Waals surface area contributed by atoms with Gasteiger partial charge in [-0.3, -0.25) is 9.59 Å². The minimum absolute atomic E-state index is 0.0869. The van der Waals surface area contributed by atoms with Crippen LogP contribution < -0.4 is 10.6 Å². The summed E-state index contributed by atoms with van der Waals surface area (Å²) < 4.78 is 0.810. The van der Waals surface area contributed by atoms with Gasteiger partial charge >= 0.3 is 0 Å². The minimum Gasteiger partial charge on any atom is -0.349 e. The highest BCUT2D eigenvalue weighted by molar-refractivity contribution is 9.10. The van der Waals surface area contributed by atoms with Crippen LogP contribution in [0, 0.1) is 6.92 Å². The summed E-state index contributed by atoms with van der Waals surface area (Å²) in [6.07, 6.45) is 0.0869. The molecule has 0 saturated carbocycles. The van der Waals surface area contributed by atoms with Crippen molar-refractivity contribution in [2.45, 2.75) is 26.3 Å². The molecule has 0 aromatic heterocycles. The average Bonchev–Trinajstić information content (AvgIpc) is 2.49. The average molecular weight is 410 g/mol. The van der Waals surface area contributed by atoms with Crippen LogP contribution >= 0.6 is 27.5 Å². The lowest BCUT2D eigenvalue weighted by Gasteiger charge is -2.19. The molecule has 0 aliphatic carbocycles. The molecule has 2 aromatic rings. The zero-order valence-electron chi connectivity index (χ0n) is 13.4. The van der Waals surface area contributed by atoms with Crippen molar-refractivity contribution in [3.8, 4) is 0 Å². The summed E-state index contributed by atoms with van der Waals surface area (Å²) in [5.41, 5.74) is 2.49. The fourth-order valence-corrected chi connectivity index (χ4v) is 3.21. The van der Waals surface area contributed by atoms with E-state index in [0.717, 1.165) is 10.0 Å². The third-order valence-electron chi connectivity index (χ3n) is 3.45. The van der Waals surface area contributed by atoms with Gasteiger partial charge in [-0.15, -0.1) is 0 Å². The summed E-state index contributed by atoms with van der Waals surface area (Å²) in [5.74, 6) is -0.428. The van der Waals surface area contributed by atoms with Crippen LogP contribution in [0.2, 0.25) is 5.02 Å². The molecule has 0 fully saturated rings. The highest BCUT2D eigenvalue weighted by atomic mass is 79.9. The first-order valence-corrected chi connectivity index (χ1v) is 8.61. The normalized spacial score (nSPS) is 11.7. The standard InChI is InChI=1S/C18H18BrClN2O2/c1-11-7-8-16(14(19)9-11)22-18(24)10-17(21-12(2)23)13-5-3-4-6-15(13)20/h3-9,17H,10H2,1-2H3,(H,21,23)(H,22,24)/t17-/m0/s1. The van der Waals surface area contributed by atoms with Crippen molar-refractivity contribution in [1.82, 2.24) is 5.32 Å². The van der Waals surface area contributed by atoms with Gasteiger partial charge in [-0.05, 0) is 52.2 Å². The number of benzene rings is 2. The first-order valence-electron chi connectivity index (χ1n) is 7.44. The second kappa shape index (κ2) is 8.31. The molecule has 126 valence electrons. The van der Waals surface area contributed by atoms with Gasteiger partial charge in [-0.2, -0.15) is 0 Å². The maximum absolute atomic E-state index is 12.4. The Morgan fingerprint density at radius 3 is 2.54 bits per heavy atom. The van der Waals surface area contributed by atoms with E-state index in [9.17, 15) is 9.59 Å². The van der Waals surface area contributed by atoms with Crippen molar-refractivity contribution in [2.24, 2.45) is 0 Å². The third-order valence-corrected chi connectivity index (χ3v) is 4.45. The van der Waals surface area contributed by atoms with Crippen LogP contribution in [0.3, 0.4) is 0 Å². The summed E-state index contributed by atoms with van der Waals surface area (Å²) >= 11 is 9.63. The molecule has 0 unspecified atom stereocenters. The molecule has 0 aliphatic rings. The lowest BCUT2D eigenvalue weighted by molar-refractivity contribution is -0.120. The van der Waals surface area contributed by atoms with Gasteiger partial charge < -0.3 is 10.6 Å². The molecule has 2 amide bonds. The monoisotopic (exact) mass is 408 g/mol. The smallest absolute Gasteiger partial charge is 0.226 e. The summed E-state index contributed by atoms with van der Waals surface area (Å²) in [5, 5.41) is 6.15. The summed E-state index contributed by atoms with van der Waals surface area (Å²) in [7, 11) is 0. The maximum atomic E-state index is 12.4. The number of aryl methyl sites for hydroxylation is 1. The van der Waals surface area contributed by atoms with Gasteiger partial charge in [0.15, 0.2) is 0 Å². The van der Waals surface area contributed by atoms with Crippen LogP contribution in [0.15, 0.2) is 46.9 Å². The van der Waals surface area contributed by atoms with Crippen molar-refractivity contribution in [1.29, 1.82) is 0 Å². The Labute approximate surface area is 154 Å². The topological polar surface area (TPSA) is 58.2 Å². The largest absolute Gasteiger partial charge is 0.349 e. The molecule has 4 nitrogen and oxygen atoms in total. The fraction of sp³-hybridized carbons (Fsp3) is 0.222. The summed E-state index contributed by atoms with van der Waals surface area (Å²) in [6.45, 7) is 3.39. The molecule has 6 heteroatoms. The van der Waals surface area contributed by atoms with Gasteiger partial charge in [-0.25, -0.2) is 0 Å². The summed E-state index contributed by atoms with van der Waals surface area (Å²) in [6, 6.07) is 12.4. The Morgan fingerprint density at radius 2 is 1.92 bits per heavy atom. The van der Waals surface area contributed by atoms with Crippen molar-refractivity contribution < 1.29 is 9.59 Å². The quantitative estimate of drug-likeness (QED) is 0.757. The SMILES string of the molecule is CC(=O)N[C@@H](CC(=O)Nc1ccc(C)cc1Br)c1ccccc1Cl. The predicted octanol–water partition coefficient (Wildman–Crippen LogP) is 4.62. The first-order chi connectivity index (χ1) is 11.4. The second-order valence-electron chi connectivity index (χ2n) is 5.51. The van der Waals surface area contributed by atoms with E-state index in [1.807, 2.05) is 31.2 Å². The molecule has 2 aromatic carbocycles. The van der Waals surface area contributed by atoms with Crippen molar-refractivity contribution in [3.05, 3.63) is 63.1 Å². The number of carbonyl (C=O) groups excluding carboxylic acids is 2. The molecular formula is C18H18BrClN2O2. The zero-order chi connectivity index (χ0) is 17.7. The number of hydrogen-bond acceptors (Lipinski definition) is 2. The number of amides is 2. The number of anilines is 1. The van der Waals surface area contributed by atoms with Crippen molar-refractivity contribution in [2.75, 3.05) is 5.32 Å². The van der Waals surface area contributed by atoms with Crippen LogP contribution in [0.25, 0.3) is 0 Å². The number of nitrogens with one attached hydrogen (secondary N) is 2. The lowest BCUT2D eigenvalue weighted by atomic mass is 10.0. The molecule has 2 N–H and O–H groups in total. The third kappa shape index (κ3) is 5.08. The molecule has 2 rings (SSSR count).